The van der Waals surface area contributed by atoms with Gasteiger partial charge in [-0.05, 0) is 38.8 Å². The number of likely N-dealkylation sites (tertiary alicyclic amines) is 1. The molecule has 2 unspecified atom stereocenters. The molecule has 2 N–H and O–H groups in total. The van der Waals surface area contributed by atoms with Crippen LogP contribution in [-0.2, 0) is 4.79 Å². The van der Waals surface area contributed by atoms with Crippen molar-refractivity contribution in [2.24, 2.45) is 17.6 Å². The number of carbonyl (C=O) groups excluding carboxylic acids is 1. The normalized spacial score (nSPS) is 22.4. The number of carbonyl (C=O) groups is 1. The second kappa shape index (κ2) is 7.10. The molecule has 106 valence electrons. The summed E-state index contributed by atoms with van der Waals surface area (Å²) in [5.41, 5.74) is 5.74. The van der Waals surface area contributed by atoms with Crippen molar-refractivity contribution < 1.29 is 4.79 Å². The molecule has 1 aliphatic rings. The van der Waals surface area contributed by atoms with Crippen LogP contribution in [0.25, 0.3) is 0 Å². The summed E-state index contributed by atoms with van der Waals surface area (Å²) in [5, 5.41) is 0. The third kappa shape index (κ3) is 4.25. The molecule has 0 saturated carbocycles. The zero-order chi connectivity index (χ0) is 13.7. The van der Waals surface area contributed by atoms with Crippen LogP contribution >= 0.6 is 0 Å². The van der Waals surface area contributed by atoms with Gasteiger partial charge in [0.05, 0.1) is 5.92 Å². The molecule has 1 aliphatic heterocycles. The first-order chi connectivity index (χ1) is 8.45. The van der Waals surface area contributed by atoms with E-state index >= 15 is 0 Å². The molecule has 0 bridgehead atoms. The first kappa shape index (κ1) is 15.4. The standard InChI is InChI=1S/C14H29N3O/c1-11(2)8-12(9-15)14(18)17(4)10-13-6-5-7-16(13)3/h11-13H,5-10,15H2,1-4H3. The third-order valence-electron chi connectivity index (χ3n) is 3.92. The molecule has 0 radical (unpaired) electrons. The van der Waals surface area contributed by atoms with Gasteiger partial charge < -0.3 is 15.5 Å². The van der Waals surface area contributed by atoms with Crippen molar-refractivity contribution in [3.63, 3.8) is 0 Å². The Hall–Kier alpha value is -0.610. The molecule has 1 fully saturated rings. The van der Waals surface area contributed by atoms with E-state index in [9.17, 15) is 4.79 Å². The molecule has 1 heterocycles. The minimum absolute atomic E-state index is 0.0123. The van der Waals surface area contributed by atoms with Crippen molar-refractivity contribution in [1.29, 1.82) is 0 Å². The fourth-order valence-electron chi connectivity index (χ4n) is 2.79. The second-order valence-electron chi connectivity index (χ2n) is 6.06. The Morgan fingerprint density at radius 2 is 2.17 bits per heavy atom. The van der Waals surface area contributed by atoms with Gasteiger partial charge in [0.2, 0.25) is 5.91 Å². The third-order valence-corrected chi connectivity index (χ3v) is 3.92. The van der Waals surface area contributed by atoms with Crippen LogP contribution in [-0.4, -0.2) is 55.5 Å². The molecule has 4 nitrogen and oxygen atoms in total. The summed E-state index contributed by atoms with van der Waals surface area (Å²) in [6.07, 6.45) is 3.33. The SMILES string of the molecule is CC(C)CC(CN)C(=O)N(C)CC1CCCN1C. The predicted octanol–water partition coefficient (Wildman–Crippen LogP) is 1.16. The van der Waals surface area contributed by atoms with Gasteiger partial charge in [-0.25, -0.2) is 0 Å². The summed E-state index contributed by atoms with van der Waals surface area (Å²) in [6, 6.07) is 0.524. The molecule has 1 rings (SSSR count). The van der Waals surface area contributed by atoms with Crippen molar-refractivity contribution in [2.45, 2.75) is 39.2 Å². The first-order valence-corrected chi connectivity index (χ1v) is 7.11. The van der Waals surface area contributed by atoms with E-state index in [1.54, 1.807) is 0 Å². The van der Waals surface area contributed by atoms with Gasteiger partial charge in [0.25, 0.3) is 0 Å². The van der Waals surface area contributed by atoms with E-state index in [1.165, 1.54) is 12.8 Å². The molecular weight excluding hydrogens is 226 g/mol. The van der Waals surface area contributed by atoms with E-state index in [0.29, 0.717) is 18.5 Å². The summed E-state index contributed by atoms with van der Waals surface area (Å²) in [5.74, 6) is 0.721. The van der Waals surface area contributed by atoms with E-state index in [2.05, 4.69) is 25.8 Å². The van der Waals surface area contributed by atoms with Crippen LogP contribution in [0.15, 0.2) is 0 Å². The molecular formula is C14H29N3O. The molecule has 0 spiro atoms. The summed E-state index contributed by atoms with van der Waals surface area (Å²) < 4.78 is 0. The zero-order valence-electron chi connectivity index (χ0n) is 12.4. The maximum Gasteiger partial charge on any atom is 0.226 e. The Balaban J connectivity index is 2.48. The maximum atomic E-state index is 12.3. The van der Waals surface area contributed by atoms with Crippen molar-refractivity contribution in [1.82, 2.24) is 9.80 Å². The minimum atomic E-state index is -0.0123. The predicted molar refractivity (Wildman–Crippen MR) is 75.3 cm³/mol. The number of nitrogens with zero attached hydrogens (tertiary/aromatic N) is 2. The van der Waals surface area contributed by atoms with Crippen molar-refractivity contribution in [2.75, 3.05) is 33.7 Å². The van der Waals surface area contributed by atoms with Gasteiger partial charge in [-0.15, -0.1) is 0 Å². The first-order valence-electron chi connectivity index (χ1n) is 7.11. The molecule has 0 aliphatic carbocycles. The van der Waals surface area contributed by atoms with Crippen LogP contribution in [0.4, 0.5) is 0 Å². The molecule has 0 aromatic carbocycles. The van der Waals surface area contributed by atoms with Gasteiger partial charge in [-0.2, -0.15) is 0 Å². The lowest BCUT2D eigenvalue weighted by molar-refractivity contribution is -0.135. The van der Waals surface area contributed by atoms with Gasteiger partial charge in [0.1, 0.15) is 0 Å². The van der Waals surface area contributed by atoms with Gasteiger partial charge in [-0.1, -0.05) is 13.8 Å². The van der Waals surface area contributed by atoms with Crippen molar-refractivity contribution >= 4 is 5.91 Å². The highest BCUT2D eigenvalue weighted by atomic mass is 16.2. The van der Waals surface area contributed by atoms with Gasteiger partial charge in [-0.3, -0.25) is 4.79 Å². The maximum absolute atomic E-state index is 12.3. The molecule has 0 aromatic heterocycles. The fourth-order valence-corrected chi connectivity index (χ4v) is 2.79. The molecule has 18 heavy (non-hydrogen) atoms. The van der Waals surface area contributed by atoms with E-state index in [4.69, 9.17) is 5.73 Å². The Morgan fingerprint density at radius 1 is 1.50 bits per heavy atom. The van der Waals surface area contributed by atoms with Crippen LogP contribution < -0.4 is 5.73 Å². The second-order valence-corrected chi connectivity index (χ2v) is 6.06. The van der Waals surface area contributed by atoms with Gasteiger partial charge in [0, 0.05) is 26.2 Å². The number of likely N-dealkylation sites (N-methyl/N-ethyl adjacent to an activating group) is 2. The van der Waals surface area contributed by atoms with Crippen molar-refractivity contribution in [3.8, 4) is 0 Å². The highest BCUT2D eigenvalue weighted by Gasteiger charge is 2.27. The summed E-state index contributed by atoms with van der Waals surface area (Å²) in [4.78, 5) is 16.6. The van der Waals surface area contributed by atoms with Crippen LogP contribution in [0.5, 0.6) is 0 Å². The molecule has 0 aromatic rings. The average Bonchev–Trinajstić information content (AvgIpc) is 2.70. The van der Waals surface area contributed by atoms with Crippen molar-refractivity contribution in [3.05, 3.63) is 0 Å². The molecule has 2 atom stereocenters. The number of hydrogen-bond donors (Lipinski definition) is 1. The summed E-state index contributed by atoms with van der Waals surface area (Å²) in [6.45, 7) is 6.73. The summed E-state index contributed by atoms with van der Waals surface area (Å²) >= 11 is 0. The zero-order valence-corrected chi connectivity index (χ0v) is 12.4. The van der Waals surface area contributed by atoms with Crippen LogP contribution in [0.1, 0.15) is 33.1 Å². The lowest BCUT2D eigenvalue weighted by Gasteiger charge is -2.29. The number of amides is 1. The highest BCUT2D eigenvalue weighted by Crippen LogP contribution is 2.18. The average molecular weight is 255 g/mol. The quantitative estimate of drug-likeness (QED) is 0.775. The molecule has 1 saturated heterocycles. The number of hydrogen-bond acceptors (Lipinski definition) is 3. The van der Waals surface area contributed by atoms with Crippen LogP contribution in [0, 0.1) is 11.8 Å². The fraction of sp³-hybridized carbons (Fsp3) is 0.929. The van der Waals surface area contributed by atoms with Crippen LogP contribution in [0.3, 0.4) is 0 Å². The minimum Gasteiger partial charge on any atom is -0.344 e. The van der Waals surface area contributed by atoms with E-state index in [1.807, 2.05) is 11.9 Å². The Labute approximate surface area is 111 Å². The lowest BCUT2D eigenvalue weighted by atomic mass is 9.96. The molecule has 4 heteroatoms. The summed E-state index contributed by atoms with van der Waals surface area (Å²) in [7, 11) is 4.06. The Bertz CT molecular complexity index is 268. The van der Waals surface area contributed by atoms with Gasteiger partial charge in [0.15, 0.2) is 0 Å². The monoisotopic (exact) mass is 255 g/mol. The van der Waals surface area contributed by atoms with E-state index in [-0.39, 0.29) is 11.8 Å². The topological polar surface area (TPSA) is 49.6 Å². The van der Waals surface area contributed by atoms with Crippen LogP contribution in [0.2, 0.25) is 0 Å². The number of rotatable bonds is 6. The number of nitrogens with two attached hydrogens (primary N) is 1. The largest absolute Gasteiger partial charge is 0.344 e. The Kier molecular flexibility index (Phi) is 6.09. The lowest BCUT2D eigenvalue weighted by Crippen LogP contribution is -2.43. The van der Waals surface area contributed by atoms with E-state index < -0.39 is 0 Å². The van der Waals surface area contributed by atoms with Gasteiger partial charge >= 0.3 is 0 Å². The smallest absolute Gasteiger partial charge is 0.226 e. The highest BCUT2D eigenvalue weighted by molar-refractivity contribution is 5.78. The van der Waals surface area contributed by atoms with E-state index in [0.717, 1.165) is 19.5 Å². The molecule has 1 amide bonds. The Morgan fingerprint density at radius 3 is 2.61 bits per heavy atom.